The molecule has 0 fully saturated rings. The number of carbonyl (C=O) groups excluding carboxylic acids is 1. The third-order valence-electron chi connectivity index (χ3n) is 2.68. The quantitative estimate of drug-likeness (QED) is 0.621. The number of hydrogen-bond donors (Lipinski definition) is 0. The summed E-state index contributed by atoms with van der Waals surface area (Å²) >= 11 is 1.29. The van der Waals surface area contributed by atoms with E-state index in [-0.39, 0.29) is 11.3 Å². The van der Waals surface area contributed by atoms with E-state index in [0.717, 1.165) is 11.0 Å². The van der Waals surface area contributed by atoms with E-state index in [9.17, 15) is 13.6 Å². The minimum atomic E-state index is -0.832. The van der Waals surface area contributed by atoms with Crippen LogP contribution in [0.3, 0.4) is 0 Å². The second-order valence-electron chi connectivity index (χ2n) is 4.09. The number of thioether (sulfide) groups is 1. The molecule has 0 radical (unpaired) electrons. The molecule has 0 saturated carbocycles. The molecule has 0 aliphatic rings. The van der Waals surface area contributed by atoms with Crippen molar-refractivity contribution >= 4 is 17.5 Å². The molecule has 2 rings (SSSR count). The van der Waals surface area contributed by atoms with Crippen LogP contribution in [0.4, 0.5) is 8.78 Å². The van der Waals surface area contributed by atoms with Gasteiger partial charge in [0.1, 0.15) is 17.4 Å². The van der Waals surface area contributed by atoms with Gasteiger partial charge < -0.3 is 4.42 Å². The zero-order valence-corrected chi connectivity index (χ0v) is 11.3. The lowest BCUT2D eigenvalue weighted by molar-refractivity contribution is 0.0990. The van der Waals surface area contributed by atoms with Crippen molar-refractivity contribution in [3.63, 3.8) is 0 Å². The lowest BCUT2D eigenvalue weighted by atomic mass is 10.1. The van der Waals surface area contributed by atoms with Gasteiger partial charge in [-0.3, -0.25) is 4.79 Å². The highest BCUT2D eigenvalue weighted by molar-refractivity contribution is 8.00. The fourth-order valence-corrected chi connectivity index (χ4v) is 2.61. The van der Waals surface area contributed by atoms with Crippen LogP contribution in [0.15, 0.2) is 39.8 Å². The minimum Gasteiger partial charge on any atom is -0.468 e. The first-order valence-corrected chi connectivity index (χ1v) is 6.57. The van der Waals surface area contributed by atoms with Crippen LogP contribution < -0.4 is 0 Å². The van der Waals surface area contributed by atoms with E-state index in [4.69, 9.17) is 4.42 Å². The predicted molar refractivity (Wildman–Crippen MR) is 69.5 cm³/mol. The van der Waals surface area contributed by atoms with Crippen molar-refractivity contribution in [3.8, 4) is 0 Å². The zero-order valence-electron chi connectivity index (χ0n) is 10.4. The van der Waals surface area contributed by atoms with Gasteiger partial charge >= 0.3 is 0 Å². The number of halogens is 2. The first kappa shape index (κ1) is 13.8. The normalized spacial score (nSPS) is 12.4. The van der Waals surface area contributed by atoms with Crippen LogP contribution >= 0.6 is 11.8 Å². The van der Waals surface area contributed by atoms with Crippen LogP contribution in [0.5, 0.6) is 0 Å². The molecule has 0 saturated heterocycles. The predicted octanol–water partition coefficient (Wildman–Crippen LogP) is 4.23. The van der Waals surface area contributed by atoms with Crippen LogP contribution in [-0.4, -0.2) is 11.0 Å². The zero-order chi connectivity index (χ0) is 14.0. The first-order chi connectivity index (χ1) is 8.99. The molecule has 0 aliphatic heterocycles. The molecule has 0 amide bonds. The molecule has 2 nitrogen and oxygen atoms in total. The number of ketones is 1. The molecule has 5 heteroatoms. The Kier molecular flexibility index (Phi) is 4.04. The van der Waals surface area contributed by atoms with E-state index in [1.807, 2.05) is 0 Å². The van der Waals surface area contributed by atoms with Crippen molar-refractivity contribution in [1.29, 1.82) is 0 Å². The number of carbonyl (C=O) groups is 1. The number of aryl methyl sites for hydroxylation is 1. The van der Waals surface area contributed by atoms with Crippen molar-refractivity contribution in [2.45, 2.75) is 24.0 Å². The lowest BCUT2D eigenvalue weighted by Gasteiger charge is -2.10. The van der Waals surface area contributed by atoms with Gasteiger partial charge in [-0.05, 0) is 32.0 Å². The van der Waals surface area contributed by atoms with Gasteiger partial charge in [-0.15, -0.1) is 11.8 Å². The summed E-state index contributed by atoms with van der Waals surface area (Å²) in [6, 6.07) is 4.72. The van der Waals surface area contributed by atoms with Crippen LogP contribution in [0, 0.1) is 18.6 Å². The highest BCUT2D eigenvalue weighted by Crippen LogP contribution is 2.29. The van der Waals surface area contributed by atoms with Gasteiger partial charge in [0.15, 0.2) is 5.78 Å². The maximum Gasteiger partial charge on any atom is 0.178 e. The summed E-state index contributed by atoms with van der Waals surface area (Å²) in [5, 5.41) is -0.476. The topological polar surface area (TPSA) is 30.2 Å². The molecule has 1 aromatic heterocycles. The second kappa shape index (κ2) is 5.57. The third kappa shape index (κ3) is 3.04. The monoisotopic (exact) mass is 282 g/mol. The molecule has 19 heavy (non-hydrogen) atoms. The van der Waals surface area contributed by atoms with E-state index in [1.54, 1.807) is 19.9 Å². The summed E-state index contributed by atoms with van der Waals surface area (Å²) in [4.78, 5) is 12.9. The number of rotatable bonds is 4. The Morgan fingerprint density at radius 3 is 2.63 bits per heavy atom. The van der Waals surface area contributed by atoms with Gasteiger partial charge in [0.25, 0.3) is 0 Å². The van der Waals surface area contributed by atoms with Gasteiger partial charge in [0.05, 0.1) is 17.1 Å². The molecule has 1 heterocycles. The largest absolute Gasteiger partial charge is 0.468 e. The summed E-state index contributed by atoms with van der Waals surface area (Å²) in [5.41, 5.74) is -0.0949. The smallest absolute Gasteiger partial charge is 0.178 e. The molecular weight excluding hydrogens is 270 g/mol. The summed E-state index contributed by atoms with van der Waals surface area (Å²) < 4.78 is 31.5. The van der Waals surface area contributed by atoms with E-state index >= 15 is 0 Å². The Labute approximate surface area is 113 Å². The average molecular weight is 282 g/mol. The minimum absolute atomic E-state index is 0.0949. The van der Waals surface area contributed by atoms with E-state index in [2.05, 4.69) is 0 Å². The lowest BCUT2D eigenvalue weighted by Crippen LogP contribution is -2.15. The Morgan fingerprint density at radius 1 is 1.32 bits per heavy atom. The fourth-order valence-electron chi connectivity index (χ4n) is 1.65. The van der Waals surface area contributed by atoms with Gasteiger partial charge in [-0.2, -0.15) is 0 Å². The van der Waals surface area contributed by atoms with Crippen molar-refractivity contribution in [2.75, 3.05) is 0 Å². The number of Topliss-reactive ketones (excluding diaryl/α,β-unsaturated/α-hetero) is 1. The van der Waals surface area contributed by atoms with Crippen LogP contribution in [0.25, 0.3) is 0 Å². The summed E-state index contributed by atoms with van der Waals surface area (Å²) in [6.07, 6.45) is 1.54. The maximum absolute atomic E-state index is 13.5. The molecule has 2 aromatic rings. The molecule has 0 spiro atoms. The van der Waals surface area contributed by atoms with Crippen LogP contribution in [-0.2, 0) is 0 Å². The molecule has 1 atom stereocenters. The third-order valence-corrected chi connectivity index (χ3v) is 3.93. The Hall–Kier alpha value is -1.62. The van der Waals surface area contributed by atoms with Crippen molar-refractivity contribution < 1.29 is 18.0 Å². The van der Waals surface area contributed by atoms with Crippen molar-refractivity contribution in [3.05, 3.63) is 53.5 Å². The first-order valence-electron chi connectivity index (χ1n) is 5.69. The number of furan rings is 1. The van der Waals surface area contributed by atoms with Crippen molar-refractivity contribution in [2.24, 2.45) is 0 Å². The number of hydrogen-bond acceptors (Lipinski definition) is 3. The van der Waals surface area contributed by atoms with E-state index < -0.39 is 16.9 Å². The summed E-state index contributed by atoms with van der Waals surface area (Å²) in [7, 11) is 0. The van der Waals surface area contributed by atoms with Gasteiger partial charge in [-0.1, -0.05) is 0 Å². The average Bonchev–Trinajstić information content (AvgIpc) is 2.74. The molecule has 100 valence electrons. The highest BCUT2D eigenvalue weighted by Gasteiger charge is 2.21. The second-order valence-corrected chi connectivity index (χ2v) is 5.47. The maximum atomic E-state index is 13.5. The Morgan fingerprint density at radius 2 is 2.05 bits per heavy atom. The number of benzene rings is 1. The van der Waals surface area contributed by atoms with E-state index in [0.29, 0.717) is 11.8 Å². The Bertz CT molecular complexity index is 607. The molecule has 0 N–H and O–H groups in total. The van der Waals surface area contributed by atoms with Crippen LogP contribution in [0.1, 0.15) is 23.0 Å². The highest BCUT2D eigenvalue weighted by atomic mass is 32.2. The standard InChI is InChI=1S/C14H12F2O2S/c1-8-13(5-6-18-8)19-9(2)14(17)11-4-3-10(15)7-12(11)16/h3-7,9H,1-2H3. The van der Waals surface area contributed by atoms with Gasteiger partial charge in [0.2, 0.25) is 0 Å². The molecular formula is C14H12F2O2S. The molecule has 0 aliphatic carbocycles. The summed E-state index contributed by atoms with van der Waals surface area (Å²) in [6.45, 7) is 3.47. The Balaban J connectivity index is 2.17. The van der Waals surface area contributed by atoms with Crippen LogP contribution in [0.2, 0.25) is 0 Å². The van der Waals surface area contributed by atoms with Gasteiger partial charge in [0, 0.05) is 11.0 Å². The van der Waals surface area contributed by atoms with Crippen molar-refractivity contribution in [1.82, 2.24) is 0 Å². The SMILES string of the molecule is Cc1occc1SC(C)C(=O)c1ccc(F)cc1F. The molecule has 1 unspecified atom stereocenters. The van der Waals surface area contributed by atoms with Gasteiger partial charge in [-0.25, -0.2) is 8.78 Å². The van der Waals surface area contributed by atoms with E-state index in [1.165, 1.54) is 24.1 Å². The summed E-state index contributed by atoms with van der Waals surface area (Å²) in [5.74, 6) is -1.19. The fraction of sp³-hybridized carbons (Fsp3) is 0.214. The molecule has 1 aromatic carbocycles. The molecule has 0 bridgehead atoms.